The molecule has 1 heterocycles. The minimum atomic E-state index is -3.85. The number of benzene rings is 2. The largest absolute Gasteiger partial charge is 0.495 e. The number of ether oxygens (including phenoxy) is 2. The highest BCUT2D eigenvalue weighted by molar-refractivity contribution is 7.89. The van der Waals surface area contributed by atoms with Gasteiger partial charge in [-0.25, -0.2) is 13.1 Å². The van der Waals surface area contributed by atoms with Crippen molar-refractivity contribution >= 4 is 10.0 Å². The topological polar surface area (TPSA) is 84.9 Å². The van der Waals surface area contributed by atoms with Crippen LogP contribution in [0.5, 0.6) is 5.75 Å². The average molecular weight is 391 g/mol. The fraction of sp³-hybridized carbons (Fsp3) is 0.400. The molecule has 0 amide bonds. The van der Waals surface area contributed by atoms with Crippen LogP contribution in [0.3, 0.4) is 0 Å². The highest BCUT2D eigenvalue weighted by atomic mass is 32.2. The van der Waals surface area contributed by atoms with E-state index in [1.807, 2.05) is 30.3 Å². The third-order valence-electron chi connectivity index (χ3n) is 5.06. The van der Waals surface area contributed by atoms with Crippen LogP contribution in [0.25, 0.3) is 0 Å². The molecule has 0 radical (unpaired) electrons. The first kappa shape index (κ1) is 19.8. The van der Waals surface area contributed by atoms with E-state index in [1.54, 1.807) is 18.2 Å². The molecular formula is C20H25NO5S. The quantitative estimate of drug-likeness (QED) is 0.756. The SMILES string of the molecule is COc1ccccc1S(=O)(=O)NCC(O)(c1ccccc1)C1CCOCC1. The van der Waals surface area contributed by atoms with E-state index >= 15 is 0 Å². The summed E-state index contributed by atoms with van der Waals surface area (Å²) in [4.78, 5) is 0.0508. The predicted octanol–water partition coefficient (Wildman–Crippen LogP) is 2.29. The monoisotopic (exact) mass is 391 g/mol. The van der Waals surface area contributed by atoms with Crippen molar-refractivity contribution < 1.29 is 23.0 Å². The maximum absolute atomic E-state index is 12.8. The fourth-order valence-corrected chi connectivity index (χ4v) is 4.75. The van der Waals surface area contributed by atoms with E-state index in [1.165, 1.54) is 13.2 Å². The molecule has 1 saturated heterocycles. The Morgan fingerprint density at radius 3 is 2.41 bits per heavy atom. The Bertz CT molecular complexity index is 850. The van der Waals surface area contributed by atoms with E-state index < -0.39 is 15.6 Å². The Balaban J connectivity index is 1.88. The highest BCUT2D eigenvalue weighted by Gasteiger charge is 2.40. The third-order valence-corrected chi connectivity index (χ3v) is 6.50. The smallest absolute Gasteiger partial charge is 0.244 e. The van der Waals surface area contributed by atoms with E-state index in [0.717, 1.165) is 0 Å². The van der Waals surface area contributed by atoms with Crippen LogP contribution in [0.1, 0.15) is 18.4 Å². The van der Waals surface area contributed by atoms with Crippen LogP contribution in [-0.4, -0.2) is 40.4 Å². The molecule has 2 aromatic carbocycles. The van der Waals surface area contributed by atoms with Gasteiger partial charge in [0.25, 0.3) is 0 Å². The van der Waals surface area contributed by atoms with Gasteiger partial charge in [0, 0.05) is 19.8 Å². The van der Waals surface area contributed by atoms with Gasteiger partial charge in [-0.2, -0.15) is 0 Å². The molecule has 7 heteroatoms. The number of para-hydroxylation sites is 1. The summed E-state index contributed by atoms with van der Waals surface area (Å²) in [6.45, 7) is 0.986. The Hall–Kier alpha value is -1.93. The van der Waals surface area contributed by atoms with Crippen molar-refractivity contribution in [2.24, 2.45) is 5.92 Å². The van der Waals surface area contributed by atoms with Gasteiger partial charge >= 0.3 is 0 Å². The van der Waals surface area contributed by atoms with Crippen LogP contribution in [-0.2, 0) is 20.4 Å². The molecule has 1 atom stereocenters. The first-order chi connectivity index (χ1) is 13.0. The van der Waals surface area contributed by atoms with Crippen LogP contribution in [0.15, 0.2) is 59.5 Å². The van der Waals surface area contributed by atoms with Crippen LogP contribution >= 0.6 is 0 Å². The molecule has 0 aromatic heterocycles. The van der Waals surface area contributed by atoms with Gasteiger partial charge < -0.3 is 14.6 Å². The molecule has 2 aromatic rings. The third kappa shape index (κ3) is 4.32. The molecular weight excluding hydrogens is 366 g/mol. The lowest BCUT2D eigenvalue weighted by Crippen LogP contribution is -2.47. The summed E-state index contributed by atoms with van der Waals surface area (Å²) in [6, 6.07) is 15.6. The van der Waals surface area contributed by atoms with Gasteiger partial charge in [-0.3, -0.25) is 0 Å². The van der Waals surface area contributed by atoms with Crippen molar-refractivity contribution in [3.8, 4) is 5.75 Å². The number of hydrogen-bond acceptors (Lipinski definition) is 5. The minimum Gasteiger partial charge on any atom is -0.495 e. The second kappa shape index (κ2) is 8.39. The molecule has 0 bridgehead atoms. The molecule has 1 unspecified atom stereocenters. The van der Waals surface area contributed by atoms with Gasteiger partial charge in [-0.1, -0.05) is 42.5 Å². The Morgan fingerprint density at radius 2 is 1.74 bits per heavy atom. The van der Waals surface area contributed by atoms with Gasteiger partial charge in [0.2, 0.25) is 10.0 Å². The summed E-state index contributed by atoms with van der Waals surface area (Å²) >= 11 is 0. The standard InChI is InChI=1S/C20H25NO5S/c1-25-18-9-5-6-10-19(18)27(23,24)21-15-20(22,16-7-3-2-4-8-16)17-11-13-26-14-12-17/h2-10,17,21-22H,11-15H2,1H3. The average Bonchev–Trinajstić information content (AvgIpc) is 2.73. The zero-order chi connectivity index (χ0) is 19.3. The number of methoxy groups -OCH3 is 1. The lowest BCUT2D eigenvalue weighted by atomic mass is 9.77. The summed E-state index contributed by atoms with van der Waals surface area (Å²) in [5, 5.41) is 11.5. The van der Waals surface area contributed by atoms with Crippen LogP contribution in [0, 0.1) is 5.92 Å². The van der Waals surface area contributed by atoms with Crippen LogP contribution in [0.4, 0.5) is 0 Å². The van der Waals surface area contributed by atoms with E-state index in [2.05, 4.69) is 4.72 Å². The van der Waals surface area contributed by atoms with Crippen molar-refractivity contribution in [1.29, 1.82) is 0 Å². The van der Waals surface area contributed by atoms with Gasteiger partial charge in [0.1, 0.15) is 16.2 Å². The van der Waals surface area contributed by atoms with Crippen molar-refractivity contribution in [2.45, 2.75) is 23.3 Å². The van der Waals surface area contributed by atoms with E-state index in [-0.39, 0.29) is 23.1 Å². The van der Waals surface area contributed by atoms with E-state index in [0.29, 0.717) is 31.6 Å². The second-order valence-corrected chi connectivity index (χ2v) is 8.39. The van der Waals surface area contributed by atoms with Crippen LogP contribution in [0.2, 0.25) is 0 Å². The van der Waals surface area contributed by atoms with Crippen molar-refractivity contribution in [1.82, 2.24) is 4.72 Å². The summed E-state index contributed by atoms with van der Waals surface area (Å²) < 4.78 is 38.9. The summed E-state index contributed by atoms with van der Waals surface area (Å²) in [6.07, 6.45) is 1.34. The molecule has 0 saturated carbocycles. The Kier molecular flexibility index (Phi) is 6.16. The van der Waals surface area contributed by atoms with Gasteiger partial charge in [0.15, 0.2) is 0 Å². The number of hydrogen-bond donors (Lipinski definition) is 2. The number of nitrogens with one attached hydrogen (secondary N) is 1. The molecule has 1 aliphatic rings. The summed E-state index contributed by atoms with van der Waals surface area (Å²) in [7, 11) is -2.42. The number of rotatable bonds is 7. The fourth-order valence-electron chi connectivity index (χ4n) is 3.51. The highest BCUT2D eigenvalue weighted by Crippen LogP contribution is 2.36. The number of aliphatic hydroxyl groups is 1. The van der Waals surface area contributed by atoms with Gasteiger partial charge in [-0.15, -0.1) is 0 Å². The Labute approximate surface area is 160 Å². The maximum Gasteiger partial charge on any atom is 0.244 e. The molecule has 6 nitrogen and oxygen atoms in total. The zero-order valence-corrected chi connectivity index (χ0v) is 16.1. The molecule has 27 heavy (non-hydrogen) atoms. The maximum atomic E-state index is 12.8. The molecule has 0 spiro atoms. The minimum absolute atomic E-state index is 0.0508. The summed E-state index contributed by atoms with van der Waals surface area (Å²) in [5.74, 6) is 0.160. The van der Waals surface area contributed by atoms with E-state index in [9.17, 15) is 13.5 Å². The Morgan fingerprint density at radius 1 is 1.11 bits per heavy atom. The van der Waals surface area contributed by atoms with Gasteiger partial charge in [0.05, 0.1) is 7.11 Å². The second-order valence-electron chi connectivity index (χ2n) is 6.65. The van der Waals surface area contributed by atoms with E-state index in [4.69, 9.17) is 9.47 Å². The molecule has 0 aliphatic carbocycles. The molecule has 1 aliphatic heterocycles. The van der Waals surface area contributed by atoms with Gasteiger partial charge in [-0.05, 0) is 36.5 Å². The van der Waals surface area contributed by atoms with Crippen LogP contribution < -0.4 is 9.46 Å². The van der Waals surface area contributed by atoms with Crippen molar-refractivity contribution in [3.05, 3.63) is 60.2 Å². The molecule has 2 N–H and O–H groups in total. The summed E-state index contributed by atoms with van der Waals surface area (Å²) in [5.41, 5.74) is -0.625. The first-order valence-electron chi connectivity index (χ1n) is 8.96. The predicted molar refractivity (Wildman–Crippen MR) is 102 cm³/mol. The molecule has 1 fully saturated rings. The number of sulfonamides is 1. The lowest BCUT2D eigenvalue weighted by molar-refractivity contribution is -0.0663. The first-order valence-corrected chi connectivity index (χ1v) is 10.4. The molecule has 3 rings (SSSR count). The normalized spacial score (nSPS) is 18.0. The van der Waals surface area contributed by atoms with Crippen molar-refractivity contribution in [2.75, 3.05) is 26.9 Å². The van der Waals surface area contributed by atoms with Crippen molar-refractivity contribution in [3.63, 3.8) is 0 Å². The molecule has 146 valence electrons. The lowest BCUT2D eigenvalue weighted by Gasteiger charge is -2.39. The zero-order valence-electron chi connectivity index (χ0n) is 15.3.